The summed E-state index contributed by atoms with van der Waals surface area (Å²) in [5, 5.41) is 3.12. The summed E-state index contributed by atoms with van der Waals surface area (Å²) in [5.74, 6) is 0.540. The molecule has 1 spiro atoms. The first kappa shape index (κ1) is 20.0. The number of ether oxygens (including phenoxy) is 1. The predicted octanol–water partition coefficient (Wildman–Crippen LogP) is 3.53. The van der Waals surface area contributed by atoms with E-state index in [1.807, 2.05) is 42.8 Å². The number of pyridine rings is 1. The summed E-state index contributed by atoms with van der Waals surface area (Å²) in [4.78, 5) is 32.5. The Morgan fingerprint density at radius 3 is 2.52 bits per heavy atom. The molecule has 1 aromatic rings. The molecule has 1 aromatic heterocycles. The number of hydrogen-bond donors (Lipinski definition) is 1. The molecule has 1 saturated heterocycles. The minimum absolute atomic E-state index is 0.0156. The Balaban J connectivity index is 1.17. The second kappa shape index (κ2) is 7.50. The maximum absolute atomic E-state index is 12.5. The van der Waals surface area contributed by atoms with Crippen molar-refractivity contribution in [3.05, 3.63) is 29.6 Å². The van der Waals surface area contributed by atoms with Crippen LogP contribution in [0.3, 0.4) is 0 Å². The van der Waals surface area contributed by atoms with E-state index < -0.39 is 5.60 Å². The molecule has 7 heteroatoms. The summed E-state index contributed by atoms with van der Waals surface area (Å²) in [6.45, 7) is 9.29. The topological polar surface area (TPSA) is 74.8 Å². The fraction of sp³-hybridized carbons (Fsp3) is 0.682. The standard InChI is InChI=1S/C22H32N4O3/c1-21(2,3)29-20(28)25-8-5-22(6-9-25)10-16(11-22)12-24-19(27)26-14-17-4-7-23-13-18(17)15-26/h4,7,13,16H,5-6,8-12,14-15H2,1-3H3,(H,24,27). The Hall–Kier alpha value is -2.31. The Labute approximate surface area is 172 Å². The van der Waals surface area contributed by atoms with E-state index in [2.05, 4.69) is 10.3 Å². The molecule has 4 rings (SSSR count). The summed E-state index contributed by atoms with van der Waals surface area (Å²) >= 11 is 0. The largest absolute Gasteiger partial charge is 0.444 e. The maximum Gasteiger partial charge on any atom is 0.410 e. The van der Waals surface area contributed by atoms with Gasteiger partial charge in [0.15, 0.2) is 0 Å². The van der Waals surface area contributed by atoms with Gasteiger partial charge in [-0.05, 0) is 75.0 Å². The summed E-state index contributed by atoms with van der Waals surface area (Å²) < 4.78 is 5.49. The van der Waals surface area contributed by atoms with Gasteiger partial charge in [0.25, 0.3) is 0 Å². The van der Waals surface area contributed by atoms with Gasteiger partial charge in [0.2, 0.25) is 0 Å². The number of piperidine rings is 1. The summed E-state index contributed by atoms with van der Waals surface area (Å²) in [6.07, 6.45) is 7.77. The van der Waals surface area contributed by atoms with E-state index in [4.69, 9.17) is 4.74 Å². The van der Waals surface area contributed by atoms with Gasteiger partial charge in [-0.25, -0.2) is 9.59 Å². The molecule has 158 valence electrons. The number of carbonyl (C=O) groups excluding carboxylic acids is 2. The van der Waals surface area contributed by atoms with Crippen molar-refractivity contribution in [1.29, 1.82) is 0 Å². The highest BCUT2D eigenvalue weighted by atomic mass is 16.6. The van der Waals surface area contributed by atoms with Crippen LogP contribution in [0.4, 0.5) is 9.59 Å². The van der Waals surface area contributed by atoms with Crippen molar-refractivity contribution in [2.75, 3.05) is 19.6 Å². The van der Waals surface area contributed by atoms with E-state index in [-0.39, 0.29) is 12.1 Å². The Morgan fingerprint density at radius 1 is 1.17 bits per heavy atom. The second-order valence-corrected chi connectivity index (χ2v) is 9.93. The highest BCUT2D eigenvalue weighted by Crippen LogP contribution is 2.52. The van der Waals surface area contributed by atoms with E-state index in [9.17, 15) is 9.59 Å². The van der Waals surface area contributed by atoms with Crippen molar-refractivity contribution in [1.82, 2.24) is 20.1 Å². The lowest BCUT2D eigenvalue weighted by Crippen LogP contribution is -2.52. The van der Waals surface area contributed by atoms with Gasteiger partial charge in [0.05, 0.1) is 0 Å². The minimum atomic E-state index is -0.445. The van der Waals surface area contributed by atoms with Crippen LogP contribution in [0.1, 0.15) is 57.6 Å². The van der Waals surface area contributed by atoms with Crippen molar-refractivity contribution >= 4 is 12.1 Å². The van der Waals surface area contributed by atoms with Gasteiger partial charge in [0, 0.05) is 45.1 Å². The van der Waals surface area contributed by atoms with Crippen molar-refractivity contribution in [3.63, 3.8) is 0 Å². The van der Waals surface area contributed by atoms with Gasteiger partial charge >= 0.3 is 12.1 Å². The summed E-state index contributed by atoms with van der Waals surface area (Å²) in [7, 11) is 0. The SMILES string of the molecule is CC(C)(C)OC(=O)N1CCC2(CC1)CC(CNC(=O)N1Cc3ccncc3C1)C2. The highest BCUT2D eigenvalue weighted by Gasteiger charge is 2.46. The molecule has 3 heterocycles. The van der Waals surface area contributed by atoms with Crippen molar-refractivity contribution in [2.45, 2.75) is 65.1 Å². The van der Waals surface area contributed by atoms with Crippen molar-refractivity contribution < 1.29 is 14.3 Å². The molecule has 0 atom stereocenters. The zero-order valence-corrected chi connectivity index (χ0v) is 17.7. The van der Waals surface area contributed by atoms with Gasteiger partial charge in [-0.2, -0.15) is 0 Å². The smallest absolute Gasteiger partial charge is 0.410 e. The van der Waals surface area contributed by atoms with E-state index in [1.54, 1.807) is 6.20 Å². The predicted molar refractivity (Wildman–Crippen MR) is 109 cm³/mol. The normalized spacial score (nSPS) is 20.9. The van der Waals surface area contributed by atoms with Crippen LogP contribution in [0, 0.1) is 11.3 Å². The zero-order valence-electron chi connectivity index (χ0n) is 17.7. The molecule has 0 bridgehead atoms. The molecule has 1 saturated carbocycles. The number of likely N-dealkylation sites (tertiary alicyclic amines) is 1. The second-order valence-electron chi connectivity index (χ2n) is 9.93. The molecule has 2 aliphatic heterocycles. The van der Waals surface area contributed by atoms with Crippen LogP contribution in [0.25, 0.3) is 0 Å². The molecule has 0 radical (unpaired) electrons. The molecule has 3 amide bonds. The van der Waals surface area contributed by atoms with Crippen molar-refractivity contribution in [2.24, 2.45) is 11.3 Å². The number of fused-ring (bicyclic) bond motifs is 1. The van der Waals surface area contributed by atoms with Crippen LogP contribution >= 0.6 is 0 Å². The first-order chi connectivity index (χ1) is 13.7. The first-order valence-corrected chi connectivity index (χ1v) is 10.7. The average molecular weight is 401 g/mol. The third-order valence-electron chi connectivity index (χ3n) is 6.48. The number of urea groups is 1. The fourth-order valence-electron chi connectivity index (χ4n) is 4.91. The first-order valence-electron chi connectivity index (χ1n) is 10.7. The number of rotatable bonds is 2. The minimum Gasteiger partial charge on any atom is -0.444 e. The Bertz CT molecular complexity index is 748. The number of carbonyl (C=O) groups is 2. The maximum atomic E-state index is 12.5. The molecule has 7 nitrogen and oxygen atoms in total. The van der Waals surface area contributed by atoms with Crippen LogP contribution in [-0.2, 0) is 17.8 Å². The molecular weight excluding hydrogens is 368 g/mol. The van der Waals surface area contributed by atoms with E-state index in [0.29, 0.717) is 24.4 Å². The molecule has 1 N–H and O–H groups in total. The molecule has 2 fully saturated rings. The van der Waals surface area contributed by atoms with Gasteiger partial charge in [-0.1, -0.05) is 0 Å². The molecular formula is C22H32N4O3. The zero-order chi connectivity index (χ0) is 20.6. The number of nitrogens with one attached hydrogen (secondary N) is 1. The number of amides is 3. The van der Waals surface area contributed by atoms with Crippen LogP contribution in [0.2, 0.25) is 0 Å². The van der Waals surface area contributed by atoms with E-state index >= 15 is 0 Å². The van der Waals surface area contributed by atoms with Gasteiger partial charge in [-0.3, -0.25) is 4.98 Å². The van der Waals surface area contributed by atoms with Crippen LogP contribution in [0.15, 0.2) is 18.5 Å². The lowest BCUT2D eigenvalue weighted by atomic mass is 9.57. The number of hydrogen-bond acceptors (Lipinski definition) is 4. The monoisotopic (exact) mass is 400 g/mol. The van der Waals surface area contributed by atoms with Gasteiger partial charge < -0.3 is 19.9 Å². The van der Waals surface area contributed by atoms with Crippen molar-refractivity contribution in [3.8, 4) is 0 Å². The highest BCUT2D eigenvalue weighted by molar-refractivity contribution is 5.75. The molecule has 1 aliphatic carbocycles. The molecule has 29 heavy (non-hydrogen) atoms. The third kappa shape index (κ3) is 4.49. The van der Waals surface area contributed by atoms with Gasteiger partial charge in [-0.15, -0.1) is 0 Å². The Morgan fingerprint density at radius 2 is 1.86 bits per heavy atom. The number of nitrogens with zero attached hydrogens (tertiary/aromatic N) is 3. The fourth-order valence-corrected chi connectivity index (χ4v) is 4.91. The van der Waals surface area contributed by atoms with Crippen LogP contribution in [-0.4, -0.2) is 52.1 Å². The third-order valence-corrected chi connectivity index (χ3v) is 6.48. The molecule has 0 aromatic carbocycles. The van der Waals surface area contributed by atoms with Gasteiger partial charge in [0.1, 0.15) is 5.60 Å². The van der Waals surface area contributed by atoms with E-state index in [1.165, 1.54) is 5.56 Å². The quantitative estimate of drug-likeness (QED) is 0.824. The van der Waals surface area contributed by atoms with E-state index in [0.717, 1.165) is 50.9 Å². The lowest BCUT2D eigenvalue weighted by molar-refractivity contribution is -0.0264. The van der Waals surface area contributed by atoms with Crippen LogP contribution < -0.4 is 5.32 Å². The molecule has 3 aliphatic rings. The average Bonchev–Trinajstić information content (AvgIpc) is 3.07. The van der Waals surface area contributed by atoms with Crippen LogP contribution in [0.5, 0.6) is 0 Å². The molecule has 0 unspecified atom stereocenters. The lowest BCUT2D eigenvalue weighted by Gasteiger charge is -2.52. The number of aromatic nitrogens is 1. The summed E-state index contributed by atoms with van der Waals surface area (Å²) in [5.41, 5.74) is 2.24. The summed E-state index contributed by atoms with van der Waals surface area (Å²) in [6, 6.07) is 2.00. The Kier molecular flexibility index (Phi) is 5.17.